The second-order valence-corrected chi connectivity index (χ2v) is 7.45. The summed E-state index contributed by atoms with van der Waals surface area (Å²) in [6, 6.07) is 13.1. The number of aromatic hydroxyl groups is 1. The van der Waals surface area contributed by atoms with Gasteiger partial charge in [-0.1, -0.05) is 26.0 Å². The lowest BCUT2D eigenvalue weighted by molar-refractivity contribution is 0.474. The molecule has 2 aromatic carbocycles. The predicted molar refractivity (Wildman–Crippen MR) is 125 cm³/mol. The van der Waals surface area contributed by atoms with Gasteiger partial charge < -0.3 is 5.11 Å². The van der Waals surface area contributed by atoms with Gasteiger partial charge in [0.1, 0.15) is 16.6 Å². The first-order chi connectivity index (χ1) is 14.6. The number of para-hydroxylation sites is 1. The van der Waals surface area contributed by atoms with Gasteiger partial charge in [0.25, 0.3) is 0 Å². The molecule has 0 bridgehead atoms. The number of hydrogen-bond acceptors (Lipinski definition) is 6. The van der Waals surface area contributed by atoms with Crippen LogP contribution in [0.5, 0.6) is 5.75 Å². The number of nitrogens with zero attached hydrogens (tertiary/aromatic N) is 5. The van der Waals surface area contributed by atoms with Gasteiger partial charge in [0, 0.05) is 24.3 Å². The highest BCUT2D eigenvalue weighted by atomic mass is 32.2. The lowest BCUT2D eigenvalue weighted by Crippen LogP contribution is -2.31. The Hall–Kier alpha value is -3.00. The van der Waals surface area contributed by atoms with Crippen LogP contribution in [-0.2, 0) is 0 Å². The first-order valence-corrected chi connectivity index (χ1v) is 10.7. The number of phenolic OH excluding ortho intramolecular Hbond substituents is 1. The Bertz CT molecular complexity index is 985. The molecule has 0 atom stereocenters. The zero-order valence-corrected chi connectivity index (χ0v) is 17.8. The second-order valence-electron chi connectivity index (χ2n) is 6.49. The number of aliphatic imine (C=N–C) groups is 2. The molecule has 0 amide bonds. The second kappa shape index (κ2) is 10.7. The SMILES string of the molecule is CCCN=C1S/C(=N/N=C\c2ccccc2O)N(c2ccc(F)cc2)C1=NCCC. The van der Waals surface area contributed by atoms with Gasteiger partial charge in [0.2, 0.25) is 5.17 Å². The van der Waals surface area contributed by atoms with E-state index in [0.717, 1.165) is 23.6 Å². The molecule has 0 aromatic heterocycles. The van der Waals surface area contributed by atoms with E-state index in [1.807, 2.05) is 11.0 Å². The molecule has 0 saturated carbocycles. The predicted octanol–water partition coefficient (Wildman–Crippen LogP) is 5.09. The summed E-state index contributed by atoms with van der Waals surface area (Å²) in [5.41, 5.74) is 1.30. The molecule has 3 rings (SSSR count). The molecule has 0 unspecified atom stereocenters. The first kappa shape index (κ1) is 21.7. The van der Waals surface area contributed by atoms with E-state index >= 15 is 0 Å². The summed E-state index contributed by atoms with van der Waals surface area (Å²) in [5.74, 6) is 0.512. The normalized spacial score (nSPS) is 18.4. The van der Waals surface area contributed by atoms with Crippen LogP contribution in [0, 0.1) is 5.82 Å². The highest BCUT2D eigenvalue weighted by Crippen LogP contribution is 2.30. The number of hydrogen-bond donors (Lipinski definition) is 1. The van der Waals surface area contributed by atoms with E-state index < -0.39 is 0 Å². The third-order valence-electron chi connectivity index (χ3n) is 4.11. The number of halogens is 1. The average Bonchev–Trinajstić information content (AvgIpc) is 3.09. The molecule has 0 aliphatic carbocycles. The third kappa shape index (κ3) is 5.33. The third-order valence-corrected chi connectivity index (χ3v) is 5.06. The molecule has 1 aliphatic rings. The van der Waals surface area contributed by atoms with Gasteiger partial charge in [-0.15, -0.1) is 5.10 Å². The van der Waals surface area contributed by atoms with Gasteiger partial charge >= 0.3 is 0 Å². The zero-order chi connectivity index (χ0) is 21.3. The molecule has 8 heteroatoms. The maximum atomic E-state index is 13.5. The maximum absolute atomic E-state index is 13.5. The van der Waals surface area contributed by atoms with Crippen LogP contribution in [0.15, 0.2) is 68.7 Å². The van der Waals surface area contributed by atoms with Crippen LogP contribution in [0.2, 0.25) is 0 Å². The van der Waals surface area contributed by atoms with E-state index in [2.05, 4.69) is 29.0 Å². The van der Waals surface area contributed by atoms with Gasteiger partial charge in [-0.25, -0.2) is 4.39 Å². The molecule has 1 fully saturated rings. The molecule has 30 heavy (non-hydrogen) atoms. The fraction of sp³-hybridized carbons (Fsp3) is 0.273. The molecule has 6 nitrogen and oxygen atoms in total. The van der Waals surface area contributed by atoms with Crippen molar-refractivity contribution in [2.24, 2.45) is 20.2 Å². The minimum atomic E-state index is -0.311. The van der Waals surface area contributed by atoms with Gasteiger partial charge in [0.15, 0.2) is 5.84 Å². The van der Waals surface area contributed by atoms with Crippen LogP contribution >= 0.6 is 11.8 Å². The Kier molecular flexibility index (Phi) is 7.73. The fourth-order valence-corrected chi connectivity index (χ4v) is 3.61. The molecule has 1 aliphatic heterocycles. The highest BCUT2D eigenvalue weighted by Gasteiger charge is 2.34. The highest BCUT2D eigenvalue weighted by molar-refractivity contribution is 8.29. The van der Waals surface area contributed by atoms with E-state index in [9.17, 15) is 9.50 Å². The summed E-state index contributed by atoms with van der Waals surface area (Å²) >= 11 is 1.38. The van der Waals surface area contributed by atoms with Crippen molar-refractivity contribution in [3.05, 3.63) is 59.9 Å². The number of thioether (sulfide) groups is 1. The van der Waals surface area contributed by atoms with E-state index in [-0.39, 0.29) is 11.6 Å². The van der Waals surface area contributed by atoms with E-state index in [0.29, 0.717) is 29.7 Å². The van der Waals surface area contributed by atoms with Crippen molar-refractivity contribution in [3.63, 3.8) is 0 Å². The quantitative estimate of drug-likeness (QED) is 0.496. The van der Waals surface area contributed by atoms with Gasteiger partial charge in [-0.2, -0.15) is 5.10 Å². The number of benzene rings is 2. The van der Waals surface area contributed by atoms with Gasteiger partial charge in [-0.3, -0.25) is 14.9 Å². The van der Waals surface area contributed by atoms with Crippen molar-refractivity contribution in [2.75, 3.05) is 18.0 Å². The number of amidine groups is 2. The summed E-state index contributed by atoms with van der Waals surface area (Å²) < 4.78 is 13.5. The first-order valence-electron chi connectivity index (χ1n) is 9.85. The number of rotatable bonds is 7. The zero-order valence-electron chi connectivity index (χ0n) is 17.0. The van der Waals surface area contributed by atoms with E-state index in [4.69, 9.17) is 4.99 Å². The molecular weight excluding hydrogens is 401 g/mol. The average molecular weight is 426 g/mol. The molecule has 1 N–H and O–H groups in total. The van der Waals surface area contributed by atoms with Crippen LogP contribution in [0.4, 0.5) is 10.1 Å². The monoisotopic (exact) mass is 425 g/mol. The summed E-state index contributed by atoms with van der Waals surface area (Å²) in [7, 11) is 0. The minimum absolute atomic E-state index is 0.131. The molecule has 0 radical (unpaired) electrons. The largest absolute Gasteiger partial charge is 0.507 e. The van der Waals surface area contributed by atoms with Crippen LogP contribution in [-0.4, -0.2) is 40.5 Å². The Labute approximate surface area is 180 Å². The van der Waals surface area contributed by atoms with E-state index in [1.54, 1.807) is 30.3 Å². The van der Waals surface area contributed by atoms with Crippen LogP contribution in [0.25, 0.3) is 0 Å². The lowest BCUT2D eigenvalue weighted by Gasteiger charge is -2.17. The lowest BCUT2D eigenvalue weighted by atomic mass is 10.2. The molecule has 156 valence electrons. The molecular formula is C22H24FN5OS. The molecule has 2 aromatic rings. The molecule has 1 heterocycles. The number of phenols is 1. The van der Waals surface area contributed by atoms with Gasteiger partial charge in [0.05, 0.1) is 6.21 Å². The van der Waals surface area contributed by atoms with Crippen molar-refractivity contribution in [1.82, 2.24) is 0 Å². The van der Waals surface area contributed by atoms with Crippen molar-refractivity contribution in [1.29, 1.82) is 0 Å². The van der Waals surface area contributed by atoms with Crippen LogP contribution in [0.3, 0.4) is 0 Å². The summed E-state index contributed by atoms with van der Waals surface area (Å²) in [4.78, 5) is 11.2. The summed E-state index contributed by atoms with van der Waals surface area (Å²) in [6.45, 7) is 5.45. The topological polar surface area (TPSA) is 72.9 Å². The van der Waals surface area contributed by atoms with Crippen molar-refractivity contribution < 1.29 is 9.50 Å². The maximum Gasteiger partial charge on any atom is 0.202 e. The van der Waals surface area contributed by atoms with Crippen molar-refractivity contribution >= 4 is 39.7 Å². The van der Waals surface area contributed by atoms with E-state index in [1.165, 1.54) is 30.1 Å². The Morgan fingerprint density at radius 1 is 1.00 bits per heavy atom. The molecule has 1 saturated heterocycles. The fourth-order valence-electron chi connectivity index (χ4n) is 2.66. The minimum Gasteiger partial charge on any atom is -0.507 e. The van der Waals surface area contributed by atoms with Crippen LogP contribution in [0.1, 0.15) is 32.3 Å². The van der Waals surface area contributed by atoms with Crippen LogP contribution < -0.4 is 4.90 Å². The summed E-state index contributed by atoms with van der Waals surface area (Å²) in [6.07, 6.45) is 3.31. The Morgan fingerprint density at radius 2 is 1.70 bits per heavy atom. The standard InChI is InChI=1S/C22H24FN5OS/c1-3-13-24-20-21(25-14-4-2)30-22(28(20)18-11-9-17(23)10-12-18)27-26-15-16-7-5-6-8-19(16)29/h5-12,15,29H,3-4,13-14H2,1-2H3/b24-20?,25-21?,26-15-,27-22+. The Morgan fingerprint density at radius 3 is 2.40 bits per heavy atom. The van der Waals surface area contributed by atoms with Crippen molar-refractivity contribution in [2.45, 2.75) is 26.7 Å². The van der Waals surface area contributed by atoms with Crippen molar-refractivity contribution in [3.8, 4) is 5.75 Å². The smallest absolute Gasteiger partial charge is 0.202 e. The number of anilines is 1. The molecule has 0 spiro atoms. The summed E-state index contributed by atoms with van der Waals surface area (Å²) in [5, 5.41) is 19.8. The Balaban J connectivity index is 2.01. The van der Waals surface area contributed by atoms with Gasteiger partial charge in [-0.05, 0) is 61.0 Å².